The van der Waals surface area contributed by atoms with Gasteiger partial charge in [-0.3, -0.25) is 9.35 Å². The maximum Gasteiger partial charge on any atom is 0.416 e. The van der Waals surface area contributed by atoms with Crippen molar-refractivity contribution in [3.63, 3.8) is 0 Å². The molecule has 0 bridgehead atoms. The molecular weight excluding hydrogens is 507 g/mol. The first-order valence-electron chi connectivity index (χ1n) is 11.6. The van der Waals surface area contributed by atoms with Gasteiger partial charge in [0.15, 0.2) is 0 Å². The highest BCUT2D eigenvalue weighted by Gasteiger charge is 2.30. The lowest BCUT2D eigenvalue weighted by atomic mass is 9.94. The summed E-state index contributed by atoms with van der Waals surface area (Å²) in [7, 11) is -4.17. The summed E-state index contributed by atoms with van der Waals surface area (Å²) >= 11 is 0. The van der Waals surface area contributed by atoms with Gasteiger partial charge in [-0.2, -0.15) is 21.6 Å². The molecule has 0 saturated carbocycles. The fourth-order valence-electron chi connectivity index (χ4n) is 3.70. The molecule has 1 atom stereocenters. The maximum atomic E-state index is 12.8. The molecule has 3 N–H and O–H groups in total. The van der Waals surface area contributed by atoms with Crippen molar-refractivity contribution in [2.75, 3.05) is 17.6 Å². The normalized spacial score (nSPS) is 12.8. The summed E-state index contributed by atoms with van der Waals surface area (Å²) in [5.41, 5.74) is 1.99. The molecule has 0 aliphatic rings. The van der Waals surface area contributed by atoms with Crippen LogP contribution in [0.25, 0.3) is 11.1 Å². The number of hydrogen-bond donors (Lipinski definition) is 3. The van der Waals surface area contributed by atoms with E-state index in [1.807, 2.05) is 24.3 Å². The van der Waals surface area contributed by atoms with E-state index in [-0.39, 0.29) is 18.2 Å². The number of nitrogens with zero attached hydrogens (tertiary/aromatic N) is 1. The highest BCUT2D eigenvalue weighted by molar-refractivity contribution is 7.85. The van der Waals surface area contributed by atoms with Crippen molar-refractivity contribution in [3.8, 4) is 11.1 Å². The van der Waals surface area contributed by atoms with Crippen LogP contribution in [-0.4, -0.2) is 36.2 Å². The van der Waals surface area contributed by atoms with Crippen LogP contribution in [0.2, 0.25) is 0 Å². The smallest absolute Gasteiger partial charge is 0.363 e. The van der Waals surface area contributed by atoms with Gasteiger partial charge in [0, 0.05) is 12.7 Å². The standard InChI is InChI=1S/C26H28F3N3O4S/c1-17(2)15-23(32-24-12-9-21(16-31-24)25(33)30-13-14-37(34,35)36)20-5-3-18(4-6-20)19-7-10-22(11-8-19)26(27,28)29/h3-12,16-17,23H,13-15H2,1-2H3,(H,30,33)(H,31,32)(H,34,35,36). The summed E-state index contributed by atoms with van der Waals surface area (Å²) in [6, 6.07) is 15.7. The molecule has 0 aliphatic heterocycles. The molecule has 1 aromatic heterocycles. The van der Waals surface area contributed by atoms with E-state index in [1.165, 1.54) is 18.3 Å². The number of benzene rings is 2. The van der Waals surface area contributed by atoms with Crippen molar-refractivity contribution in [1.82, 2.24) is 10.3 Å². The average molecular weight is 536 g/mol. The Kier molecular flexibility index (Phi) is 8.93. The third-order valence-corrected chi connectivity index (χ3v) is 6.28. The first kappa shape index (κ1) is 28.1. The van der Waals surface area contributed by atoms with E-state index in [0.717, 1.165) is 29.7 Å². The number of amides is 1. The Morgan fingerprint density at radius 3 is 2.05 bits per heavy atom. The van der Waals surface area contributed by atoms with Crippen LogP contribution >= 0.6 is 0 Å². The molecule has 3 aromatic rings. The van der Waals surface area contributed by atoms with Gasteiger partial charge in [0.05, 0.1) is 22.9 Å². The molecule has 0 spiro atoms. The monoisotopic (exact) mass is 535 g/mol. The summed E-state index contributed by atoms with van der Waals surface area (Å²) in [6.45, 7) is 3.94. The van der Waals surface area contributed by atoms with Gasteiger partial charge in [0.2, 0.25) is 0 Å². The van der Waals surface area contributed by atoms with E-state index in [2.05, 4.69) is 29.5 Å². The van der Waals surface area contributed by atoms with Crippen molar-refractivity contribution < 1.29 is 30.9 Å². The fraction of sp³-hybridized carbons (Fsp3) is 0.308. The number of carbonyl (C=O) groups is 1. The van der Waals surface area contributed by atoms with Gasteiger partial charge in [0.25, 0.3) is 16.0 Å². The van der Waals surface area contributed by atoms with Crippen molar-refractivity contribution >= 4 is 21.8 Å². The summed E-state index contributed by atoms with van der Waals surface area (Å²) in [5.74, 6) is -0.215. The Labute approximate surface area is 213 Å². The summed E-state index contributed by atoms with van der Waals surface area (Å²) in [6.07, 6.45) is -2.23. The molecule has 1 heterocycles. The molecule has 1 unspecified atom stereocenters. The topological polar surface area (TPSA) is 108 Å². The van der Waals surface area contributed by atoms with Crippen LogP contribution in [-0.2, 0) is 16.3 Å². The van der Waals surface area contributed by atoms with Crippen molar-refractivity contribution in [2.45, 2.75) is 32.5 Å². The fourth-order valence-corrected chi connectivity index (χ4v) is 4.06. The number of pyridine rings is 1. The molecule has 198 valence electrons. The minimum absolute atomic E-state index is 0.108. The minimum atomic E-state index is -4.38. The zero-order valence-corrected chi connectivity index (χ0v) is 21.1. The third-order valence-electron chi connectivity index (χ3n) is 5.56. The van der Waals surface area contributed by atoms with Gasteiger partial charge in [-0.15, -0.1) is 0 Å². The SMILES string of the molecule is CC(C)CC(Nc1ccc(C(=O)NCCS(=O)(=O)O)cn1)c1ccc(-c2ccc(C(F)(F)F)cc2)cc1. The molecule has 7 nitrogen and oxygen atoms in total. The molecule has 1 amide bonds. The van der Waals surface area contributed by atoms with Crippen molar-refractivity contribution in [2.24, 2.45) is 5.92 Å². The number of aromatic nitrogens is 1. The molecule has 0 aliphatic carbocycles. The molecular formula is C26H28F3N3O4S. The summed E-state index contributed by atoms with van der Waals surface area (Å²) in [4.78, 5) is 16.4. The molecule has 0 fully saturated rings. The zero-order chi connectivity index (χ0) is 27.2. The first-order valence-corrected chi connectivity index (χ1v) is 13.2. The van der Waals surface area contributed by atoms with Crippen LogP contribution in [0.4, 0.5) is 19.0 Å². The number of rotatable bonds is 10. The number of hydrogen-bond acceptors (Lipinski definition) is 5. The van der Waals surface area contributed by atoms with Crippen molar-refractivity contribution in [1.29, 1.82) is 0 Å². The number of alkyl halides is 3. The Morgan fingerprint density at radius 2 is 1.57 bits per heavy atom. The summed E-state index contributed by atoms with van der Waals surface area (Å²) in [5, 5.41) is 5.76. The number of anilines is 1. The van der Waals surface area contributed by atoms with E-state index in [9.17, 15) is 26.4 Å². The molecule has 2 aromatic carbocycles. The van der Waals surface area contributed by atoms with Crippen LogP contribution in [0.5, 0.6) is 0 Å². The van der Waals surface area contributed by atoms with E-state index in [4.69, 9.17) is 4.55 Å². The highest BCUT2D eigenvalue weighted by Crippen LogP contribution is 2.32. The van der Waals surface area contributed by atoms with Gasteiger partial charge in [-0.1, -0.05) is 50.2 Å². The minimum Gasteiger partial charge on any atom is -0.363 e. The predicted molar refractivity (Wildman–Crippen MR) is 136 cm³/mol. The van der Waals surface area contributed by atoms with Crippen LogP contribution in [0, 0.1) is 5.92 Å². The largest absolute Gasteiger partial charge is 0.416 e. The quantitative estimate of drug-likeness (QED) is 0.292. The Bertz CT molecular complexity index is 1290. The van der Waals surface area contributed by atoms with Gasteiger partial charge in [-0.05, 0) is 53.3 Å². The molecule has 0 saturated heterocycles. The van der Waals surface area contributed by atoms with Gasteiger partial charge in [-0.25, -0.2) is 4.98 Å². The summed E-state index contributed by atoms with van der Waals surface area (Å²) < 4.78 is 68.8. The second-order valence-corrected chi connectivity index (χ2v) is 10.6. The maximum absolute atomic E-state index is 12.8. The Morgan fingerprint density at radius 1 is 0.973 bits per heavy atom. The van der Waals surface area contributed by atoms with Crippen LogP contribution < -0.4 is 10.6 Å². The zero-order valence-electron chi connectivity index (χ0n) is 20.3. The highest BCUT2D eigenvalue weighted by atomic mass is 32.2. The van der Waals surface area contributed by atoms with E-state index < -0.39 is 33.5 Å². The van der Waals surface area contributed by atoms with Gasteiger partial charge < -0.3 is 10.6 Å². The van der Waals surface area contributed by atoms with Gasteiger partial charge in [0.1, 0.15) is 5.82 Å². The first-order chi connectivity index (χ1) is 17.3. The van der Waals surface area contributed by atoms with E-state index >= 15 is 0 Å². The van der Waals surface area contributed by atoms with E-state index in [1.54, 1.807) is 12.1 Å². The Hall–Kier alpha value is -3.44. The van der Waals surface area contributed by atoms with Crippen LogP contribution in [0.1, 0.15) is 47.8 Å². The second-order valence-electron chi connectivity index (χ2n) is 9.00. The van der Waals surface area contributed by atoms with Crippen molar-refractivity contribution in [3.05, 3.63) is 83.6 Å². The number of carbonyl (C=O) groups excluding carboxylic acids is 1. The number of halogens is 3. The second kappa shape index (κ2) is 11.7. The molecule has 37 heavy (non-hydrogen) atoms. The molecule has 3 rings (SSSR count). The van der Waals surface area contributed by atoms with E-state index in [0.29, 0.717) is 17.3 Å². The van der Waals surface area contributed by atoms with Gasteiger partial charge >= 0.3 is 6.18 Å². The third kappa shape index (κ3) is 8.57. The van der Waals surface area contributed by atoms with Crippen LogP contribution in [0.15, 0.2) is 66.9 Å². The molecule has 11 heteroatoms. The lowest BCUT2D eigenvalue weighted by Gasteiger charge is -2.22. The number of nitrogens with one attached hydrogen (secondary N) is 2. The Balaban J connectivity index is 1.70. The average Bonchev–Trinajstić information content (AvgIpc) is 2.82. The lowest BCUT2D eigenvalue weighted by molar-refractivity contribution is -0.137. The molecule has 0 radical (unpaired) electrons. The lowest BCUT2D eigenvalue weighted by Crippen LogP contribution is -2.29. The predicted octanol–water partition coefficient (Wildman–Crippen LogP) is 5.58. The van der Waals surface area contributed by atoms with Crippen LogP contribution in [0.3, 0.4) is 0 Å².